The van der Waals surface area contributed by atoms with Gasteiger partial charge in [0.15, 0.2) is 0 Å². The largest absolute Gasteiger partial charge is 0.307 e. The van der Waals surface area contributed by atoms with Crippen LogP contribution < -0.4 is 0 Å². The topological polar surface area (TPSA) is 147 Å². The smallest absolute Gasteiger partial charge is 0.258 e. The Morgan fingerprint density at radius 2 is 1.60 bits per heavy atom. The molecule has 0 bridgehead atoms. The molecule has 0 fully saturated rings. The lowest BCUT2D eigenvalue weighted by Crippen LogP contribution is -2.01. The number of benzene rings is 1. The van der Waals surface area contributed by atoms with Gasteiger partial charge in [-0.05, 0) is 6.07 Å². The fourth-order valence-corrected chi connectivity index (χ4v) is 1.50. The molecule has 0 radical (unpaired) electrons. The average molecular weight is 279 g/mol. The molecule has 0 aliphatic heterocycles. The summed E-state index contributed by atoms with van der Waals surface area (Å²) in [5, 5.41) is 35.7. The van der Waals surface area contributed by atoms with Crippen molar-refractivity contribution < 1.29 is 14.8 Å². The maximum absolute atomic E-state index is 10.9. The Kier molecular flexibility index (Phi) is 3.08. The minimum Gasteiger partial charge on any atom is -0.258 e. The normalized spacial score (nSPS) is 10.2. The molecule has 1 aromatic carbocycles. The van der Waals surface area contributed by atoms with Crippen LogP contribution in [0.1, 0.15) is 0 Å². The summed E-state index contributed by atoms with van der Waals surface area (Å²) < 4.78 is 0.917. The summed E-state index contributed by atoms with van der Waals surface area (Å²) in [7, 11) is 0. The molecular formula is C9H5N5O6. The molecule has 1 heterocycles. The third-order valence-corrected chi connectivity index (χ3v) is 2.39. The van der Waals surface area contributed by atoms with E-state index in [2.05, 4.69) is 5.10 Å². The number of rotatable bonds is 4. The lowest BCUT2D eigenvalue weighted by molar-refractivity contribution is -0.394. The summed E-state index contributed by atoms with van der Waals surface area (Å²) in [6, 6.07) is 2.92. The van der Waals surface area contributed by atoms with Crippen molar-refractivity contribution in [2.75, 3.05) is 0 Å². The predicted molar refractivity (Wildman–Crippen MR) is 63.5 cm³/mol. The second-order valence-electron chi connectivity index (χ2n) is 3.59. The lowest BCUT2D eigenvalue weighted by atomic mass is 10.2. The van der Waals surface area contributed by atoms with E-state index >= 15 is 0 Å². The standard InChI is InChI=1S/C9H5N5O6/c15-12(16)6-1-2-8(9(3-6)14(19)20)11-5-7(4-10-11)13(17)18/h1-5H. The molecule has 0 spiro atoms. The first-order chi connectivity index (χ1) is 9.40. The monoisotopic (exact) mass is 279 g/mol. The fourth-order valence-electron chi connectivity index (χ4n) is 1.50. The molecule has 0 amide bonds. The molecule has 20 heavy (non-hydrogen) atoms. The molecule has 102 valence electrons. The van der Waals surface area contributed by atoms with E-state index in [0.717, 1.165) is 35.3 Å². The zero-order valence-electron chi connectivity index (χ0n) is 9.57. The van der Waals surface area contributed by atoms with E-state index in [9.17, 15) is 30.3 Å². The van der Waals surface area contributed by atoms with Gasteiger partial charge in [-0.3, -0.25) is 30.3 Å². The van der Waals surface area contributed by atoms with Gasteiger partial charge in [-0.1, -0.05) is 0 Å². The van der Waals surface area contributed by atoms with E-state index in [4.69, 9.17) is 0 Å². The van der Waals surface area contributed by atoms with Crippen molar-refractivity contribution >= 4 is 17.1 Å². The van der Waals surface area contributed by atoms with Crippen molar-refractivity contribution in [3.05, 3.63) is 60.9 Å². The molecule has 0 atom stereocenters. The van der Waals surface area contributed by atoms with E-state index in [1.807, 2.05) is 0 Å². The first-order valence-corrected chi connectivity index (χ1v) is 5.02. The first kappa shape index (κ1) is 13.1. The molecule has 11 nitrogen and oxygen atoms in total. The van der Waals surface area contributed by atoms with Crippen LogP contribution >= 0.6 is 0 Å². The number of nitro groups is 3. The Labute approximate surface area is 109 Å². The number of hydrogen-bond donors (Lipinski definition) is 0. The van der Waals surface area contributed by atoms with Crippen LogP contribution in [-0.4, -0.2) is 24.6 Å². The molecule has 0 saturated carbocycles. The summed E-state index contributed by atoms with van der Waals surface area (Å²) in [6.45, 7) is 0. The van der Waals surface area contributed by atoms with Gasteiger partial charge in [0.1, 0.15) is 18.1 Å². The van der Waals surface area contributed by atoms with Crippen LogP contribution in [0.5, 0.6) is 0 Å². The summed E-state index contributed by atoms with van der Waals surface area (Å²) >= 11 is 0. The summed E-state index contributed by atoms with van der Waals surface area (Å²) in [6.07, 6.45) is 1.90. The summed E-state index contributed by atoms with van der Waals surface area (Å²) in [5.74, 6) is 0. The highest BCUT2D eigenvalue weighted by Crippen LogP contribution is 2.28. The molecule has 2 aromatic rings. The maximum Gasteiger partial charge on any atom is 0.307 e. The SMILES string of the molecule is O=[N+]([O-])c1ccc(-n2cc([N+](=O)[O-])cn2)c([N+](=O)[O-])c1. The van der Waals surface area contributed by atoms with Gasteiger partial charge >= 0.3 is 11.4 Å². The van der Waals surface area contributed by atoms with Gasteiger partial charge in [-0.15, -0.1) is 0 Å². The molecule has 0 aliphatic carbocycles. The number of hydrogen-bond acceptors (Lipinski definition) is 7. The van der Waals surface area contributed by atoms with Gasteiger partial charge in [0.05, 0.1) is 20.8 Å². The van der Waals surface area contributed by atoms with Crippen molar-refractivity contribution in [2.45, 2.75) is 0 Å². The average Bonchev–Trinajstić information content (AvgIpc) is 2.87. The van der Waals surface area contributed by atoms with Crippen molar-refractivity contribution in [3.8, 4) is 5.69 Å². The van der Waals surface area contributed by atoms with E-state index in [0.29, 0.717) is 0 Å². The highest BCUT2D eigenvalue weighted by atomic mass is 16.6. The molecular weight excluding hydrogens is 274 g/mol. The summed E-state index contributed by atoms with van der Waals surface area (Å²) in [5.41, 5.74) is -1.48. The van der Waals surface area contributed by atoms with Gasteiger partial charge in [0, 0.05) is 6.07 Å². The minimum absolute atomic E-state index is 0.103. The van der Waals surface area contributed by atoms with Crippen LogP contribution in [-0.2, 0) is 0 Å². The van der Waals surface area contributed by atoms with Gasteiger partial charge in [-0.25, -0.2) is 4.68 Å². The highest BCUT2D eigenvalue weighted by molar-refractivity contribution is 5.58. The quantitative estimate of drug-likeness (QED) is 0.609. The molecule has 2 rings (SSSR count). The van der Waals surface area contributed by atoms with E-state index in [1.165, 1.54) is 0 Å². The molecule has 0 saturated heterocycles. The Hall–Kier alpha value is -3.37. The molecule has 0 aliphatic rings. The van der Waals surface area contributed by atoms with E-state index in [1.54, 1.807) is 0 Å². The number of nitro benzene ring substituents is 2. The van der Waals surface area contributed by atoms with Crippen molar-refractivity contribution in [1.82, 2.24) is 9.78 Å². The van der Waals surface area contributed by atoms with Crippen molar-refractivity contribution in [2.24, 2.45) is 0 Å². The maximum atomic E-state index is 10.9. The summed E-state index contributed by atoms with van der Waals surface area (Å²) in [4.78, 5) is 29.7. The molecule has 0 unspecified atom stereocenters. The Morgan fingerprint density at radius 1 is 0.950 bits per heavy atom. The van der Waals surface area contributed by atoms with Gasteiger partial charge in [-0.2, -0.15) is 5.10 Å². The number of aromatic nitrogens is 2. The van der Waals surface area contributed by atoms with Crippen LogP contribution in [0.3, 0.4) is 0 Å². The molecule has 11 heteroatoms. The Balaban J connectivity index is 2.57. The number of nitrogens with zero attached hydrogens (tertiary/aromatic N) is 5. The zero-order valence-corrected chi connectivity index (χ0v) is 9.57. The third-order valence-electron chi connectivity index (χ3n) is 2.39. The second kappa shape index (κ2) is 4.72. The van der Waals surface area contributed by atoms with Gasteiger partial charge < -0.3 is 0 Å². The minimum atomic E-state index is -0.824. The van der Waals surface area contributed by atoms with Crippen LogP contribution in [0.2, 0.25) is 0 Å². The Bertz CT molecular complexity index is 723. The van der Waals surface area contributed by atoms with Crippen molar-refractivity contribution in [3.63, 3.8) is 0 Å². The fraction of sp³-hybridized carbons (Fsp3) is 0. The third kappa shape index (κ3) is 2.27. The van der Waals surface area contributed by atoms with E-state index in [-0.39, 0.29) is 11.4 Å². The van der Waals surface area contributed by atoms with E-state index < -0.39 is 26.1 Å². The van der Waals surface area contributed by atoms with Gasteiger partial charge in [0.25, 0.3) is 5.69 Å². The molecule has 0 N–H and O–H groups in total. The van der Waals surface area contributed by atoms with Gasteiger partial charge in [0.2, 0.25) is 0 Å². The first-order valence-electron chi connectivity index (χ1n) is 5.02. The van der Waals surface area contributed by atoms with Crippen LogP contribution in [0.15, 0.2) is 30.6 Å². The van der Waals surface area contributed by atoms with Crippen LogP contribution in [0, 0.1) is 30.3 Å². The zero-order chi connectivity index (χ0) is 14.9. The highest BCUT2D eigenvalue weighted by Gasteiger charge is 2.22. The molecule has 1 aromatic heterocycles. The lowest BCUT2D eigenvalue weighted by Gasteiger charge is -2.01. The van der Waals surface area contributed by atoms with Crippen LogP contribution in [0.4, 0.5) is 17.1 Å². The number of non-ortho nitro benzene ring substituents is 1. The second-order valence-corrected chi connectivity index (χ2v) is 3.59. The van der Waals surface area contributed by atoms with Crippen molar-refractivity contribution in [1.29, 1.82) is 0 Å². The predicted octanol–water partition coefficient (Wildman–Crippen LogP) is 1.60. The Morgan fingerprint density at radius 3 is 2.10 bits per heavy atom. The van der Waals surface area contributed by atoms with Crippen LogP contribution in [0.25, 0.3) is 5.69 Å².